The van der Waals surface area contributed by atoms with E-state index >= 15 is 0 Å². The Bertz CT molecular complexity index is 545. The van der Waals surface area contributed by atoms with Crippen LogP contribution in [0.25, 0.3) is 10.6 Å². The van der Waals surface area contributed by atoms with Crippen molar-refractivity contribution in [3.8, 4) is 10.6 Å². The fraction of sp³-hybridized carbons (Fsp3) is 0.111. The zero-order valence-corrected chi connectivity index (χ0v) is 8.52. The molecule has 0 unspecified atom stereocenters. The second-order valence-electron chi connectivity index (χ2n) is 2.97. The van der Waals surface area contributed by atoms with Gasteiger partial charge < -0.3 is 0 Å². The first-order chi connectivity index (χ1) is 7.48. The summed E-state index contributed by atoms with van der Waals surface area (Å²) < 4.78 is 37.3. The molecule has 2 rings (SSSR count). The lowest BCUT2D eigenvalue weighted by atomic mass is 10.2. The van der Waals surface area contributed by atoms with Crippen molar-refractivity contribution in [3.05, 3.63) is 39.5 Å². The van der Waals surface area contributed by atoms with Crippen LogP contribution < -0.4 is 5.56 Å². The van der Waals surface area contributed by atoms with Crippen LogP contribution in [-0.2, 0) is 6.18 Å². The van der Waals surface area contributed by atoms with Gasteiger partial charge in [0.15, 0.2) is 0 Å². The number of aromatic amines is 1. The van der Waals surface area contributed by atoms with E-state index in [0.29, 0.717) is 4.88 Å². The van der Waals surface area contributed by atoms with Gasteiger partial charge in [-0.05, 0) is 17.5 Å². The Morgan fingerprint density at radius 1 is 1.38 bits per heavy atom. The largest absolute Gasteiger partial charge is 0.421 e. The van der Waals surface area contributed by atoms with E-state index in [2.05, 4.69) is 5.10 Å². The SMILES string of the molecule is O=c1[nH]nc(-c2cccs2)cc1C(F)(F)F. The molecular formula is C9H5F3N2OS. The Morgan fingerprint density at radius 2 is 2.12 bits per heavy atom. The topological polar surface area (TPSA) is 45.8 Å². The quantitative estimate of drug-likeness (QED) is 0.840. The van der Waals surface area contributed by atoms with Crippen molar-refractivity contribution in [2.45, 2.75) is 6.18 Å². The molecule has 84 valence electrons. The fourth-order valence-electron chi connectivity index (χ4n) is 1.17. The number of nitrogens with one attached hydrogen (secondary N) is 1. The summed E-state index contributed by atoms with van der Waals surface area (Å²) in [6.45, 7) is 0. The number of halogens is 3. The van der Waals surface area contributed by atoms with Gasteiger partial charge in [0, 0.05) is 0 Å². The van der Waals surface area contributed by atoms with Gasteiger partial charge in [-0.25, -0.2) is 5.10 Å². The lowest BCUT2D eigenvalue weighted by Crippen LogP contribution is -2.22. The number of nitrogens with zero attached hydrogens (tertiary/aromatic N) is 1. The summed E-state index contributed by atoms with van der Waals surface area (Å²) in [5.41, 5.74) is -2.35. The van der Waals surface area contributed by atoms with Crippen molar-refractivity contribution < 1.29 is 13.2 Å². The second kappa shape index (κ2) is 3.75. The molecule has 0 atom stereocenters. The number of aromatic nitrogens is 2. The highest BCUT2D eigenvalue weighted by Crippen LogP contribution is 2.29. The van der Waals surface area contributed by atoms with Crippen LogP contribution in [0, 0.1) is 0 Å². The van der Waals surface area contributed by atoms with E-state index in [4.69, 9.17) is 0 Å². The zero-order chi connectivity index (χ0) is 11.8. The number of hydrogen-bond acceptors (Lipinski definition) is 3. The molecule has 0 saturated carbocycles. The van der Waals surface area contributed by atoms with Crippen LogP contribution in [0.15, 0.2) is 28.4 Å². The maximum Gasteiger partial charge on any atom is 0.421 e. The second-order valence-corrected chi connectivity index (χ2v) is 3.92. The third-order valence-corrected chi connectivity index (χ3v) is 2.77. The molecule has 0 spiro atoms. The van der Waals surface area contributed by atoms with Crippen LogP contribution in [0.4, 0.5) is 13.2 Å². The van der Waals surface area contributed by atoms with Gasteiger partial charge >= 0.3 is 6.18 Å². The number of alkyl halides is 3. The molecule has 16 heavy (non-hydrogen) atoms. The Morgan fingerprint density at radius 3 is 2.69 bits per heavy atom. The summed E-state index contributed by atoms with van der Waals surface area (Å²) in [7, 11) is 0. The van der Waals surface area contributed by atoms with Crippen LogP contribution >= 0.6 is 11.3 Å². The van der Waals surface area contributed by atoms with Gasteiger partial charge in [-0.2, -0.15) is 18.3 Å². The molecule has 2 heterocycles. The van der Waals surface area contributed by atoms with Crippen molar-refractivity contribution in [1.82, 2.24) is 10.2 Å². The van der Waals surface area contributed by atoms with Gasteiger partial charge in [0.2, 0.25) is 0 Å². The Hall–Kier alpha value is -1.63. The van der Waals surface area contributed by atoms with Crippen LogP contribution in [0.5, 0.6) is 0 Å². The van der Waals surface area contributed by atoms with E-state index in [1.54, 1.807) is 17.5 Å². The van der Waals surface area contributed by atoms with Gasteiger partial charge in [-0.15, -0.1) is 11.3 Å². The van der Waals surface area contributed by atoms with Gasteiger partial charge in [0.25, 0.3) is 5.56 Å². The minimum absolute atomic E-state index is 0.113. The third kappa shape index (κ3) is 1.99. The molecule has 2 aromatic rings. The molecular weight excluding hydrogens is 241 g/mol. The molecule has 3 nitrogen and oxygen atoms in total. The molecule has 0 amide bonds. The van der Waals surface area contributed by atoms with Crippen LogP contribution in [0.2, 0.25) is 0 Å². The fourth-order valence-corrected chi connectivity index (χ4v) is 1.85. The zero-order valence-electron chi connectivity index (χ0n) is 7.71. The van der Waals surface area contributed by atoms with Crippen molar-refractivity contribution in [1.29, 1.82) is 0 Å². The predicted molar refractivity (Wildman–Crippen MR) is 53.2 cm³/mol. The minimum atomic E-state index is -4.66. The standard InChI is InChI=1S/C9H5F3N2OS/c10-9(11,12)5-4-6(13-14-8(5)15)7-2-1-3-16-7/h1-4H,(H,14,15). The number of rotatable bonds is 1. The molecule has 0 aliphatic rings. The van der Waals surface area contributed by atoms with E-state index in [1.807, 2.05) is 5.10 Å². The lowest BCUT2D eigenvalue weighted by molar-refractivity contribution is -0.138. The highest BCUT2D eigenvalue weighted by molar-refractivity contribution is 7.13. The van der Waals surface area contributed by atoms with E-state index in [0.717, 1.165) is 6.07 Å². The molecule has 0 saturated heterocycles. The molecule has 1 N–H and O–H groups in total. The molecule has 0 aromatic carbocycles. The number of thiophene rings is 1. The van der Waals surface area contributed by atoms with Crippen LogP contribution in [0.3, 0.4) is 0 Å². The summed E-state index contributed by atoms with van der Waals surface area (Å²) >= 11 is 1.25. The van der Waals surface area contributed by atoms with Gasteiger partial charge in [0.05, 0.1) is 4.88 Å². The Balaban J connectivity index is 2.57. The predicted octanol–water partition coefficient (Wildman–Crippen LogP) is 2.52. The van der Waals surface area contributed by atoms with Crippen molar-refractivity contribution >= 4 is 11.3 Å². The Kier molecular flexibility index (Phi) is 2.55. The monoisotopic (exact) mass is 246 g/mol. The lowest BCUT2D eigenvalue weighted by Gasteiger charge is -2.05. The average Bonchev–Trinajstić information content (AvgIpc) is 2.69. The molecule has 0 aliphatic heterocycles. The van der Waals surface area contributed by atoms with Gasteiger partial charge in [0.1, 0.15) is 11.3 Å². The Labute approximate surface area is 91.6 Å². The van der Waals surface area contributed by atoms with Crippen molar-refractivity contribution in [3.63, 3.8) is 0 Å². The first kappa shape index (κ1) is 10.9. The highest BCUT2D eigenvalue weighted by atomic mass is 32.1. The smallest absolute Gasteiger partial charge is 0.267 e. The van der Waals surface area contributed by atoms with Gasteiger partial charge in [-0.3, -0.25) is 4.79 Å². The third-order valence-electron chi connectivity index (χ3n) is 1.88. The molecule has 2 aromatic heterocycles. The summed E-state index contributed by atoms with van der Waals surface area (Å²) in [6.07, 6.45) is -4.66. The maximum atomic E-state index is 12.4. The normalized spacial score (nSPS) is 11.7. The van der Waals surface area contributed by atoms with Crippen LogP contribution in [-0.4, -0.2) is 10.2 Å². The van der Waals surface area contributed by atoms with E-state index in [9.17, 15) is 18.0 Å². The van der Waals surface area contributed by atoms with Crippen molar-refractivity contribution in [2.24, 2.45) is 0 Å². The van der Waals surface area contributed by atoms with Gasteiger partial charge in [-0.1, -0.05) is 6.07 Å². The van der Waals surface area contributed by atoms with Crippen molar-refractivity contribution in [2.75, 3.05) is 0 Å². The maximum absolute atomic E-state index is 12.4. The first-order valence-corrected chi connectivity index (χ1v) is 5.07. The number of hydrogen-bond donors (Lipinski definition) is 1. The average molecular weight is 246 g/mol. The summed E-state index contributed by atoms with van der Waals surface area (Å²) in [6, 6.07) is 4.08. The van der Waals surface area contributed by atoms with Crippen LogP contribution in [0.1, 0.15) is 5.56 Å². The summed E-state index contributed by atoms with van der Waals surface area (Å²) in [5, 5.41) is 7.13. The molecule has 0 radical (unpaired) electrons. The molecule has 7 heteroatoms. The first-order valence-electron chi connectivity index (χ1n) is 4.19. The molecule has 0 aliphatic carbocycles. The molecule has 0 bridgehead atoms. The molecule has 0 fully saturated rings. The van der Waals surface area contributed by atoms with E-state index < -0.39 is 17.3 Å². The van der Waals surface area contributed by atoms with E-state index in [1.165, 1.54) is 11.3 Å². The summed E-state index contributed by atoms with van der Waals surface area (Å²) in [5.74, 6) is 0. The number of H-pyrrole nitrogens is 1. The summed E-state index contributed by atoms with van der Waals surface area (Å²) in [4.78, 5) is 11.5. The minimum Gasteiger partial charge on any atom is -0.267 e. The van der Waals surface area contributed by atoms with E-state index in [-0.39, 0.29) is 5.69 Å². The highest BCUT2D eigenvalue weighted by Gasteiger charge is 2.34.